The molecule has 1 heterocycles. The van der Waals surface area contributed by atoms with Gasteiger partial charge >= 0.3 is 0 Å². The number of rotatable bonds is 6. The van der Waals surface area contributed by atoms with Gasteiger partial charge in [-0.1, -0.05) is 26.0 Å². The highest BCUT2D eigenvalue weighted by molar-refractivity contribution is 6.28. The van der Waals surface area contributed by atoms with Crippen LogP contribution >= 0.6 is 11.6 Å². The van der Waals surface area contributed by atoms with E-state index in [2.05, 4.69) is 29.1 Å². The molecule has 0 amide bonds. The molecule has 0 bridgehead atoms. The first-order valence-electron chi connectivity index (χ1n) is 6.40. The molecule has 0 atom stereocenters. The van der Waals surface area contributed by atoms with E-state index >= 15 is 0 Å². The Balaban J connectivity index is 2.00. The summed E-state index contributed by atoms with van der Waals surface area (Å²) in [6, 6.07) is 7.79. The first-order chi connectivity index (χ1) is 9.16. The lowest BCUT2D eigenvalue weighted by molar-refractivity contribution is 0.118. The Morgan fingerprint density at radius 2 is 2.05 bits per heavy atom. The van der Waals surface area contributed by atoms with Crippen molar-refractivity contribution in [3.05, 3.63) is 29.5 Å². The summed E-state index contributed by atoms with van der Waals surface area (Å²) >= 11 is 5.91. The van der Waals surface area contributed by atoms with E-state index in [1.807, 2.05) is 24.3 Å². The first-order valence-corrected chi connectivity index (χ1v) is 6.78. The molecule has 1 aromatic heterocycles. The topological polar surface area (TPSA) is 47.0 Å². The van der Waals surface area contributed by atoms with Crippen molar-refractivity contribution in [1.29, 1.82) is 0 Å². The lowest BCUT2D eigenvalue weighted by Gasteiger charge is -2.10. The summed E-state index contributed by atoms with van der Waals surface area (Å²) in [6.45, 7) is 6.38. The van der Waals surface area contributed by atoms with Crippen molar-refractivity contribution < 1.29 is 4.74 Å². The fraction of sp³-hybridized carbons (Fsp3) is 0.429. The number of ether oxygens (including phenoxy) is 1. The molecule has 0 saturated heterocycles. The molecule has 0 radical (unpaired) electrons. The van der Waals surface area contributed by atoms with Gasteiger partial charge in [0.1, 0.15) is 5.82 Å². The van der Waals surface area contributed by atoms with E-state index in [0.717, 1.165) is 23.3 Å². The number of nitrogens with zero attached hydrogens (tertiary/aromatic N) is 2. The molecular formula is C14H18ClN3O. The molecule has 1 aromatic carbocycles. The Morgan fingerprint density at radius 1 is 1.26 bits per heavy atom. The third kappa shape index (κ3) is 4.04. The molecule has 0 aliphatic rings. The highest BCUT2D eigenvalue weighted by Gasteiger charge is 2.05. The normalized spacial score (nSPS) is 11.2. The van der Waals surface area contributed by atoms with Gasteiger partial charge in [0.2, 0.25) is 5.28 Å². The van der Waals surface area contributed by atoms with Gasteiger partial charge in [0.05, 0.1) is 12.1 Å². The van der Waals surface area contributed by atoms with Gasteiger partial charge < -0.3 is 10.1 Å². The van der Waals surface area contributed by atoms with Crippen LogP contribution in [0.2, 0.25) is 5.28 Å². The molecule has 0 fully saturated rings. The SMILES string of the molecule is CC(C)COCCNc1nc(Cl)nc2ccccc12. The zero-order valence-electron chi connectivity index (χ0n) is 11.2. The maximum atomic E-state index is 5.91. The number of fused-ring (bicyclic) bond motifs is 1. The summed E-state index contributed by atoms with van der Waals surface area (Å²) in [4.78, 5) is 8.41. The average Bonchev–Trinajstić information content (AvgIpc) is 2.37. The molecule has 0 aliphatic carbocycles. The molecule has 0 unspecified atom stereocenters. The largest absolute Gasteiger partial charge is 0.379 e. The molecule has 1 N–H and O–H groups in total. The zero-order valence-corrected chi connectivity index (χ0v) is 11.9. The Bertz CT molecular complexity index is 545. The van der Waals surface area contributed by atoms with E-state index in [-0.39, 0.29) is 5.28 Å². The number of benzene rings is 1. The van der Waals surface area contributed by atoms with E-state index in [0.29, 0.717) is 19.1 Å². The fourth-order valence-electron chi connectivity index (χ4n) is 1.74. The van der Waals surface area contributed by atoms with Crippen LogP contribution in [0.4, 0.5) is 5.82 Å². The van der Waals surface area contributed by atoms with Crippen molar-refractivity contribution in [2.75, 3.05) is 25.1 Å². The third-order valence-corrected chi connectivity index (χ3v) is 2.74. The maximum Gasteiger partial charge on any atom is 0.224 e. The molecule has 2 aromatic rings. The fourth-order valence-corrected chi connectivity index (χ4v) is 1.92. The van der Waals surface area contributed by atoms with Gasteiger partial charge in [0, 0.05) is 18.5 Å². The predicted molar refractivity (Wildman–Crippen MR) is 78.7 cm³/mol. The van der Waals surface area contributed by atoms with Crippen LogP contribution in [-0.2, 0) is 4.74 Å². The standard InChI is InChI=1S/C14H18ClN3O/c1-10(2)9-19-8-7-16-13-11-5-3-4-6-12(11)17-14(15)18-13/h3-6,10H,7-9H2,1-2H3,(H,16,17,18). The summed E-state index contributed by atoms with van der Waals surface area (Å²) in [5.41, 5.74) is 0.841. The number of para-hydroxylation sites is 1. The Hall–Kier alpha value is -1.39. The lowest BCUT2D eigenvalue weighted by Crippen LogP contribution is -2.13. The van der Waals surface area contributed by atoms with Crippen molar-refractivity contribution in [3.63, 3.8) is 0 Å². The predicted octanol–water partition coefficient (Wildman–Crippen LogP) is 3.37. The number of hydrogen-bond acceptors (Lipinski definition) is 4. The summed E-state index contributed by atoms with van der Waals surface area (Å²) in [5, 5.41) is 4.46. The number of anilines is 1. The van der Waals surface area contributed by atoms with Crippen molar-refractivity contribution >= 4 is 28.3 Å². The Morgan fingerprint density at radius 3 is 2.84 bits per heavy atom. The van der Waals surface area contributed by atoms with Crippen LogP contribution in [0.3, 0.4) is 0 Å². The molecule has 2 rings (SSSR count). The lowest BCUT2D eigenvalue weighted by atomic mass is 10.2. The minimum absolute atomic E-state index is 0.254. The molecule has 5 heteroatoms. The number of aromatic nitrogens is 2. The van der Waals surface area contributed by atoms with E-state index < -0.39 is 0 Å². The Labute approximate surface area is 118 Å². The van der Waals surface area contributed by atoms with Crippen LogP contribution < -0.4 is 5.32 Å². The van der Waals surface area contributed by atoms with Crippen LogP contribution in [0.15, 0.2) is 24.3 Å². The average molecular weight is 280 g/mol. The zero-order chi connectivity index (χ0) is 13.7. The molecule has 102 valence electrons. The number of halogens is 1. The van der Waals surface area contributed by atoms with Crippen LogP contribution in [0.5, 0.6) is 0 Å². The third-order valence-electron chi connectivity index (χ3n) is 2.57. The summed E-state index contributed by atoms with van der Waals surface area (Å²) in [6.07, 6.45) is 0. The van der Waals surface area contributed by atoms with Crippen LogP contribution in [0.1, 0.15) is 13.8 Å². The number of nitrogens with one attached hydrogen (secondary N) is 1. The smallest absolute Gasteiger partial charge is 0.224 e. The maximum absolute atomic E-state index is 5.91. The highest BCUT2D eigenvalue weighted by atomic mass is 35.5. The van der Waals surface area contributed by atoms with Crippen LogP contribution in [-0.4, -0.2) is 29.7 Å². The van der Waals surface area contributed by atoms with Crippen molar-refractivity contribution in [2.24, 2.45) is 5.92 Å². The van der Waals surface area contributed by atoms with E-state index in [1.54, 1.807) is 0 Å². The minimum atomic E-state index is 0.254. The van der Waals surface area contributed by atoms with E-state index in [4.69, 9.17) is 16.3 Å². The second-order valence-electron chi connectivity index (χ2n) is 4.75. The molecule has 4 nitrogen and oxygen atoms in total. The van der Waals surface area contributed by atoms with Gasteiger partial charge in [-0.15, -0.1) is 0 Å². The van der Waals surface area contributed by atoms with Gasteiger partial charge in [-0.2, -0.15) is 0 Å². The summed E-state index contributed by atoms with van der Waals surface area (Å²) < 4.78 is 5.52. The summed E-state index contributed by atoms with van der Waals surface area (Å²) in [5.74, 6) is 1.30. The minimum Gasteiger partial charge on any atom is -0.379 e. The first kappa shape index (κ1) is 14.0. The van der Waals surface area contributed by atoms with Crippen molar-refractivity contribution in [3.8, 4) is 0 Å². The van der Waals surface area contributed by atoms with Crippen molar-refractivity contribution in [1.82, 2.24) is 9.97 Å². The van der Waals surface area contributed by atoms with Gasteiger partial charge in [0.25, 0.3) is 0 Å². The second-order valence-corrected chi connectivity index (χ2v) is 5.09. The van der Waals surface area contributed by atoms with Crippen LogP contribution in [0.25, 0.3) is 10.9 Å². The second kappa shape index (κ2) is 6.68. The monoisotopic (exact) mass is 279 g/mol. The highest BCUT2D eigenvalue weighted by Crippen LogP contribution is 2.21. The molecular weight excluding hydrogens is 262 g/mol. The van der Waals surface area contributed by atoms with Crippen molar-refractivity contribution in [2.45, 2.75) is 13.8 Å². The van der Waals surface area contributed by atoms with Gasteiger partial charge in [0.15, 0.2) is 0 Å². The van der Waals surface area contributed by atoms with Crippen LogP contribution in [0, 0.1) is 5.92 Å². The number of hydrogen-bond donors (Lipinski definition) is 1. The molecule has 0 aliphatic heterocycles. The van der Waals surface area contributed by atoms with Gasteiger partial charge in [-0.25, -0.2) is 9.97 Å². The van der Waals surface area contributed by atoms with E-state index in [1.165, 1.54) is 0 Å². The van der Waals surface area contributed by atoms with Gasteiger partial charge in [-0.3, -0.25) is 0 Å². The van der Waals surface area contributed by atoms with Gasteiger partial charge in [-0.05, 0) is 29.7 Å². The quantitative estimate of drug-likeness (QED) is 0.650. The Kier molecular flexibility index (Phi) is 4.93. The van der Waals surface area contributed by atoms with E-state index in [9.17, 15) is 0 Å². The molecule has 0 spiro atoms. The molecule has 0 saturated carbocycles. The molecule has 19 heavy (non-hydrogen) atoms. The summed E-state index contributed by atoms with van der Waals surface area (Å²) in [7, 11) is 0.